The van der Waals surface area contributed by atoms with Gasteiger partial charge >= 0.3 is 0 Å². The Labute approximate surface area is 140 Å². The van der Waals surface area contributed by atoms with Gasteiger partial charge in [0.05, 0.1) is 12.0 Å². The predicted octanol–water partition coefficient (Wildman–Crippen LogP) is 5.03. The van der Waals surface area contributed by atoms with Gasteiger partial charge in [-0.3, -0.25) is 10.1 Å². The van der Waals surface area contributed by atoms with Crippen LogP contribution in [-0.2, 0) is 0 Å². The summed E-state index contributed by atoms with van der Waals surface area (Å²) in [6.07, 6.45) is 1.50. The maximum absolute atomic E-state index is 12.2. The van der Waals surface area contributed by atoms with Gasteiger partial charge in [0.1, 0.15) is 0 Å². The van der Waals surface area contributed by atoms with Crippen LogP contribution in [-0.4, -0.2) is 10.9 Å². The maximum Gasteiger partial charge on any atom is 0.293 e. The van der Waals surface area contributed by atoms with Crippen molar-refractivity contribution in [3.63, 3.8) is 0 Å². The van der Waals surface area contributed by atoms with Crippen LogP contribution < -0.4 is 5.32 Å². The molecule has 112 valence electrons. The summed E-state index contributed by atoms with van der Waals surface area (Å²) in [7, 11) is 0. The lowest BCUT2D eigenvalue weighted by atomic mass is 10.1. The second-order valence-electron chi connectivity index (χ2n) is 4.82. The Morgan fingerprint density at radius 2 is 1.95 bits per heavy atom. The molecule has 0 fully saturated rings. The van der Waals surface area contributed by atoms with Crippen molar-refractivity contribution in [2.45, 2.75) is 13.8 Å². The van der Waals surface area contributed by atoms with Gasteiger partial charge < -0.3 is 4.42 Å². The van der Waals surface area contributed by atoms with Crippen LogP contribution in [0.3, 0.4) is 0 Å². The molecule has 0 spiro atoms. The number of aromatic nitrogens is 1. The van der Waals surface area contributed by atoms with E-state index in [9.17, 15) is 4.79 Å². The molecule has 0 atom stereocenters. The summed E-state index contributed by atoms with van der Waals surface area (Å²) in [6.45, 7) is 3.82. The predicted molar refractivity (Wildman–Crippen MR) is 91.4 cm³/mol. The van der Waals surface area contributed by atoms with E-state index in [1.54, 1.807) is 6.07 Å². The number of anilines is 1. The number of hydrogen-bond donors (Lipinski definition) is 1. The van der Waals surface area contributed by atoms with Gasteiger partial charge in [0.25, 0.3) is 5.91 Å². The van der Waals surface area contributed by atoms with E-state index in [4.69, 9.17) is 4.42 Å². The first-order valence-corrected chi connectivity index (χ1v) is 8.24. The molecule has 0 aliphatic carbocycles. The Hall–Kier alpha value is -1.92. The fourth-order valence-electron chi connectivity index (χ4n) is 2.08. The van der Waals surface area contributed by atoms with Crippen molar-refractivity contribution in [3.8, 4) is 11.3 Å². The minimum Gasteiger partial charge on any atom is -0.459 e. The molecule has 3 aromatic rings. The van der Waals surface area contributed by atoms with E-state index in [1.807, 2.05) is 38.1 Å². The van der Waals surface area contributed by atoms with Gasteiger partial charge in [-0.05, 0) is 32.0 Å². The number of aryl methyl sites for hydroxylation is 2. The Morgan fingerprint density at radius 1 is 1.23 bits per heavy atom. The van der Waals surface area contributed by atoms with Gasteiger partial charge in [-0.2, -0.15) is 0 Å². The average molecular weight is 377 g/mol. The zero-order valence-electron chi connectivity index (χ0n) is 12.0. The van der Waals surface area contributed by atoms with Gasteiger partial charge in [0.2, 0.25) is 0 Å². The van der Waals surface area contributed by atoms with Crippen LogP contribution >= 0.6 is 27.3 Å². The minimum atomic E-state index is -0.279. The standard InChI is InChI=1S/C16H13BrN2O2S/c1-9-7-8-21-14(9)15(20)19-16-18-13(10(2)22-16)11-3-5-12(17)6-4-11/h3-8H,1-2H3,(H,18,19,20). The third-order valence-corrected chi connectivity index (χ3v) is 4.62. The molecule has 1 aromatic carbocycles. The van der Waals surface area contributed by atoms with Gasteiger partial charge in [-0.25, -0.2) is 4.98 Å². The van der Waals surface area contributed by atoms with E-state index < -0.39 is 0 Å². The lowest BCUT2D eigenvalue weighted by Crippen LogP contribution is -2.11. The Bertz CT molecular complexity index is 821. The molecule has 1 N–H and O–H groups in total. The average Bonchev–Trinajstić information content (AvgIpc) is 3.06. The summed E-state index contributed by atoms with van der Waals surface area (Å²) in [4.78, 5) is 17.7. The van der Waals surface area contributed by atoms with Crippen LogP contribution in [0.15, 0.2) is 45.5 Å². The number of hydrogen-bond acceptors (Lipinski definition) is 4. The molecule has 2 aromatic heterocycles. The highest BCUT2D eigenvalue weighted by Crippen LogP contribution is 2.31. The van der Waals surface area contributed by atoms with Gasteiger partial charge in [0, 0.05) is 20.5 Å². The summed E-state index contributed by atoms with van der Waals surface area (Å²) in [5.41, 5.74) is 2.70. The molecule has 0 unspecified atom stereocenters. The van der Waals surface area contributed by atoms with Crippen molar-refractivity contribution in [2.75, 3.05) is 5.32 Å². The fraction of sp³-hybridized carbons (Fsp3) is 0.125. The number of benzene rings is 1. The van der Waals surface area contributed by atoms with E-state index in [0.29, 0.717) is 10.9 Å². The van der Waals surface area contributed by atoms with E-state index >= 15 is 0 Å². The molecular weight excluding hydrogens is 364 g/mol. The number of carbonyl (C=O) groups is 1. The lowest BCUT2D eigenvalue weighted by Gasteiger charge is -2.00. The molecule has 22 heavy (non-hydrogen) atoms. The van der Waals surface area contributed by atoms with E-state index in [0.717, 1.165) is 26.2 Å². The highest BCUT2D eigenvalue weighted by Gasteiger charge is 2.16. The van der Waals surface area contributed by atoms with E-state index in [1.165, 1.54) is 17.6 Å². The highest BCUT2D eigenvalue weighted by molar-refractivity contribution is 9.10. The molecule has 1 amide bonds. The molecular formula is C16H13BrN2O2S. The summed E-state index contributed by atoms with van der Waals surface area (Å²) in [5.74, 6) is 0.0386. The number of amides is 1. The monoisotopic (exact) mass is 376 g/mol. The van der Waals surface area contributed by atoms with Gasteiger partial charge in [-0.1, -0.05) is 28.1 Å². The normalized spacial score (nSPS) is 10.7. The molecule has 3 rings (SSSR count). The smallest absolute Gasteiger partial charge is 0.293 e. The zero-order chi connectivity index (χ0) is 15.7. The summed E-state index contributed by atoms with van der Waals surface area (Å²) in [5, 5.41) is 3.36. The van der Waals surface area contributed by atoms with E-state index in [-0.39, 0.29) is 5.91 Å². The highest BCUT2D eigenvalue weighted by atomic mass is 79.9. The molecule has 0 saturated heterocycles. The maximum atomic E-state index is 12.2. The SMILES string of the molecule is Cc1ccoc1C(=O)Nc1nc(-c2ccc(Br)cc2)c(C)s1. The van der Waals surface area contributed by atoms with Crippen molar-refractivity contribution < 1.29 is 9.21 Å². The van der Waals surface area contributed by atoms with Gasteiger partial charge in [-0.15, -0.1) is 11.3 Å². The van der Waals surface area contributed by atoms with Crippen LogP contribution in [0.4, 0.5) is 5.13 Å². The first-order chi connectivity index (χ1) is 10.5. The summed E-state index contributed by atoms with van der Waals surface area (Å²) >= 11 is 4.87. The number of furan rings is 1. The first kappa shape index (κ1) is 15.0. The molecule has 0 aliphatic rings. The topological polar surface area (TPSA) is 55.1 Å². The molecule has 0 aliphatic heterocycles. The van der Waals surface area contributed by atoms with Crippen LogP contribution in [0.25, 0.3) is 11.3 Å². The van der Waals surface area contributed by atoms with Crippen molar-refractivity contribution in [2.24, 2.45) is 0 Å². The molecule has 0 bridgehead atoms. The van der Waals surface area contributed by atoms with Crippen molar-refractivity contribution in [1.82, 2.24) is 4.98 Å². The summed E-state index contributed by atoms with van der Waals surface area (Å²) in [6, 6.07) is 9.69. The van der Waals surface area contributed by atoms with Crippen molar-refractivity contribution >= 4 is 38.3 Å². The second-order valence-corrected chi connectivity index (χ2v) is 6.94. The van der Waals surface area contributed by atoms with E-state index in [2.05, 4.69) is 26.2 Å². The Kier molecular flexibility index (Phi) is 4.13. The largest absolute Gasteiger partial charge is 0.459 e. The number of nitrogens with zero attached hydrogens (tertiary/aromatic N) is 1. The summed E-state index contributed by atoms with van der Waals surface area (Å²) < 4.78 is 6.21. The number of rotatable bonds is 3. The Balaban J connectivity index is 1.85. The van der Waals surface area contributed by atoms with Crippen LogP contribution in [0.5, 0.6) is 0 Å². The molecule has 2 heterocycles. The van der Waals surface area contributed by atoms with Crippen molar-refractivity contribution in [3.05, 3.63) is 57.3 Å². The van der Waals surface area contributed by atoms with Crippen LogP contribution in [0.2, 0.25) is 0 Å². The first-order valence-electron chi connectivity index (χ1n) is 6.63. The zero-order valence-corrected chi connectivity index (χ0v) is 14.4. The number of thiazole rings is 1. The van der Waals surface area contributed by atoms with Crippen LogP contribution in [0.1, 0.15) is 21.0 Å². The number of nitrogens with one attached hydrogen (secondary N) is 1. The minimum absolute atomic E-state index is 0.279. The van der Waals surface area contributed by atoms with Gasteiger partial charge in [0.15, 0.2) is 10.9 Å². The molecule has 6 heteroatoms. The third-order valence-electron chi connectivity index (χ3n) is 3.20. The fourth-order valence-corrected chi connectivity index (χ4v) is 3.18. The lowest BCUT2D eigenvalue weighted by molar-refractivity contribution is 0.0996. The number of halogens is 1. The molecule has 4 nitrogen and oxygen atoms in total. The third kappa shape index (κ3) is 2.98. The Morgan fingerprint density at radius 3 is 2.59 bits per heavy atom. The molecule has 0 radical (unpaired) electrons. The second kappa shape index (κ2) is 6.06. The van der Waals surface area contributed by atoms with Crippen LogP contribution in [0, 0.1) is 13.8 Å². The number of carbonyl (C=O) groups excluding carboxylic acids is 1. The van der Waals surface area contributed by atoms with Crippen molar-refractivity contribution in [1.29, 1.82) is 0 Å². The molecule has 0 saturated carbocycles. The quantitative estimate of drug-likeness (QED) is 0.696.